The zero-order valence-electron chi connectivity index (χ0n) is 11.3. The lowest BCUT2D eigenvalue weighted by Crippen LogP contribution is -2.41. The largest absolute Gasteiger partial charge is 0.337 e. The molecule has 1 saturated heterocycles. The van der Waals surface area contributed by atoms with E-state index in [1.807, 2.05) is 11.0 Å². The number of likely N-dealkylation sites (tertiary alicyclic amines) is 1. The van der Waals surface area contributed by atoms with Crippen LogP contribution in [0.4, 0.5) is 0 Å². The number of hydrogen-bond acceptors (Lipinski definition) is 3. The first kappa shape index (κ1) is 12.3. The van der Waals surface area contributed by atoms with Crippen LogP contribution in [0.2, 0.25) is 0 Å². The summed E-state index contributed by atoms with van der Waals surface area (Å²) in [5, 5.41) is 0. The van der Waals surface area contributed by atoms with Crippen LogP contribution in [0.25, 0.3) is 0 Å². The zero-order chi connectivity index (χ0) is 13.2. The maximum Gasteiger partial charge on any atom is 0.274 e. The highest BCUT2D eigenvalue weighted by Gasteiger charge is 2.25. The highest BCUT2D eigenvalue weighted by Crippen LogP contribution is 2.24. The zero-order valence-corrected chi connectivity index (χ0v) is 11.3. The Morgan fingerprint density at radius 1 is 1.32 bits per heavy atom. The fourth-order valence-electron chi connectivity index (χ4n) is 2.74. The Morgan fingerprint density at radius 3 is 2.89 bits per heavy atom. The number of hydrogen-bond donors (Lipinski definition) is 0. The van der Waals surface area contributed by atoms with E-state index >= 15 is 0 Å². The van der Waals surface area contributed by atoms with Crippen LogP contribution >= 0.6 is 0 Å². The molecule has 2 heterocycles. The Morgan fingerprint density at radius 2 is 2.11 bits per heavy atom. The predicted molar refractivity (Wildman–Crippen MR) is 76.6 cm³/mol. The lowest BCUT2D eigenvalue weighted by molar-refractivity contribution is -0.124. The number of piperidine rings is 1. The number of amides is 1. The first-order valence-electron chi connectivity index (χ1n) is 7.03. The van der Waals surface area contributed by atoms with Gasteiger partial charge in [-0.05, 0) is 38.7 Å². The summed E-state index contributed by atoms with van der Waals surface area (Å²) in [4.78, 5) is 23.3. The molecule has 19 heavy (non-hydrogen) atoms. The van der Waals surface area contributed by atoms with Crippen molar-refractivity contribution in [3.8, 4) is 0 Å². The van der Waals surface area contributed by atoms with Crippen LogP contribution in [-0.2, 0) is 4.79 Å². The standard InChI is InChI=1S/C15H19N3O/c1-11-5-6-12-13(9-11)17-14(10-16-12)15(19)18-7-3-2-4-8-18/h5,9-10,12H,2-4,6-8H2,1H3. The minimum Gasteiger partial charge on any atom is -0.337 e. The molecule has 0 spiro atoms. The van der Waals surface area contributed by atoms with Gasteiger partial charge in [-0.25, -0.2) is 4.99 Å². The number of carbonyl (C=O) groups is 1. The van der Waals surface area contributed by atoms with Gasteiger partial charge in [0.1, 0.15) is 5.71 Å². The number of fused-ring (bicyclic) bond motifs is 1. The Balaban J connectivity index is 1.79. The first-order valence-corrected chi connectivity index (χ1v) is 7.03. The minimum absolute atomic E-state index is 0.0370. The molecule has 0 N–H and O–H groups in total. The van der Waals surface area contributed by atoms with E-state index in [1.165, 1.54) is 12.0 Å². The number of aliphatic imine (C=N–C) groups is 2. The van der Waals surface area contributed by atoms with E-state index in [-0.39, 0.29) is 11.9 Å². The van der Waals surface area contributed by atoms with E-state index in [0.717, 1.165) is 38.0 Å². The van der Waals surface area contributed by atoms with Crippen LogP contribution in [0, 0.1) is 0 Å². The van der Waals surface area contributed by atoms with Gasteiger partial charge in [-0.1, -0.05) is 11.6 Å². The highest BCUT2D eigenvalue weighted by atomic mass is 16.2. The number of allylic oxidation sites excluding steroid dienone is 2. The quantitative estimate of drug-likeness (QED) is 0.709. The molecule has 100 valence electrons. The molecule has 0 aromatic heterocycles. The molecule has 4 heteroatoms. The van der Waals surface area contributed by atoms with Crippen molar-refractivity contribution in [3.05, 3.63) is 23.4 Å². The van der Waals surface area contributed by atoms with Gasteiger partial charge in [0, 0.05) is 13.1 Å². The Kier molecular flexibility index (Phi) is 3.32. The normalized spacial score (nSPS) is 26.3. The maximum absolute atomic E-state index is 12.4. The summed E-state index contributed by atoms with van der Waals surface area (Å²) in [5.41, 5.74) is 2.64. The van der Waals surface area contributed by atoms with Gasteiger partial charge >= 0.3 is 0 Å². The van der Waals surface area contributed by atoms with Crippen molar-refractivity contribution in [3.63, 3.8) is 0 Å². The van der Waals surface area contributed by atoms with Gasteiger partial charge in [-0.15, -0.1) is 0 Å². The van der Waals surface area contributed by atoms with Crippen molar-refractivity contribution in [1.82, 2.24) is 4.90 Å². The van der Waals surface area contributed by atoms with Gasteiger partial charge in [-0.3, -0.25) is 9.79 Å². The van der Waals surface area contributed by atoms with E-state index < -0.39 is 0 Å². The van der Waals surface area contributed by atoms with E-state index in [2.05, 4.69) is 23.0 Å². The summed E-state index contributed by atoms with van der Waals surface area (Å²) in [6.07, 6.45) is 10.2. The average Bonchev–Trinajstić information content (AvgIpc) is 2.46. The van der Waals surface area contributed by atoms with Crippen LogP contribution in [0.5, 0.6) is 0 Å². The van der Waals surface area contributed by atoms with Crippen LogP contribution in [0.15, 0.2) is 33.4 Å². The summed E-state index contributed by atoms with van der Waals surface area (Å²) < 4.78 is 0. The molecule has 0 aromatic rings. The third-order valence-corrected chi connectivity index (χ3v) is 3.87. The molecule has 1 amide bonds. The summed E-state index contributed by atoms with van der Waals surface area (Å²) in [6.45, 7) is 3.77. The van der Waals surface area contributed by atoms with Crippen LogP contribution in [0.1, 0.15) is 32.6 Å². The topological polar surface area (TPSA) is 45.0 Å². The summed E-state index contributed by atoms with van der Waals surface area (Å²) in [6, 6.07) is 0.113. The maximum atomic E-state index is 12.4. The third kappa shape index (κ3) is 2.53. The van der Waals surface area contributed by atoms with E-state index in [0.29, 0.717) is 5.71 Å². The lowest BCUT2D eigenvalue weighted by Gasteiger charge is -2.28. The molecule has 1 atom stereocenters. The number of rotatable bonds is 1. The van der Waals surface area contributed by atoms with Crippen LogP contribution < -0.4 is 0 Å². The van der Waals surface area contributed by atoms with Gasteiger partial charge in [-0.2, -0.15) is 0 Å². The van der Waals surface area contributed by atoms with Gasteiger partial charge in [0.05, 0.1) is 18.0 Å². The molecule has 4 nitrogen and oxygen atoms in total. The molecular weight excluding hydrogens is 238 g/mol. The molecular formula is C15H19N3O. The molecule has 0 radical (unpaired) electrons. The molecule has 1 fully saturated rings. The summed E-state index contributed by atoms with van der Waals surface area (Å²) in [5.74, 6) is 0.0370. The Hall–Kier alpha value is -1.71. The average molecular weight is 257 g/mol. The molecule has 0 bridgehead atoms. The highest BCUT2D eigenvalue weighted by molar-refractivity contribution is 6.61. The molecule has 0 aromatic carbocycles. The van der Waals surface area contributed by atoms with E-state index in [1.54, 1.807) is 6.21 Å². The summed E-state index contributed by atoms with van der Waals surface area (Å²) >= 11 is 0. The first-order chi connectivity index (χ1) is 9.24. The molecule has 1 unspecified atom stereocenters. The second-order valence-corrected chi connectivity index (χ2v) is 5.40. The van der Waals surface area contributed by atoms with Crippen molar-refractivity contribution < 1.29 is 4.79 Å². The second kappa shape index (κ2) is 5.11. The predicted octanol–water partition coefficient (Wildman–Crippen LogP) is 2.13. The smallest absolute Gasteiger partial charge is 0.274 e. The van der Waals surface area contributed by atoms with Gasteiger partial charge in [0.2, 0.25) is 0 Å². The van der Waals surface area contributed by atoms with Crippen molar-refractivity contribution >= 4 is 17.8 Å². The second-order valence-electron chi connectivity index (χ2n) is 5.40. The molecule has 3 aliphatic rings. The Bertz CT molecular complexity index is 507. The molecule has 2 aliphatic heterocycles. The van der Waals surface area contributed by atoms with E-state index in [9.17, 15) is 4.79 Å². The van der Waals surface area contributed by atoms with E-state index in [4.69, 9.17) is 0 Å². The summed E-state index contributed by atoms with van der Waals surface area (Å²) in [7, 11) is 0. The van der Waals surface area contributed by atoms with Crippen molar-refractivity contribution in [2.45, 2.75) is 38.6 Å². The minimum atomic E-state index is 0.0370. The van der Waals surface area contributed by atoms with Gasteiger partial charge in [0.25, 0.3) is 5.91 Å². The van der Waals surface area contributed by atoms with Crippen molar-refractivity contribution in [2.24, 2.45) is 9.98 Å². The SMILES string of the molecule is CC1=CCC2N=CC(C(=O)N3CCCCC3)=NC2=C1. The third-order valence-electron chi connectivity index (χ3n) is 3.87. The lowest BCUT2D eigenvalue weighted by atomic mass is 10.00. The van der Waals surface area contributed by atoms with Gasteiger partial charge in [0.15, 0.2) is 0 Å². The Labute approximate surface area is 113 Å². The molecule has 3 rings (SSSR count). The monoisotopic (exact) mass is 257 g/mol. The van der Waals surface area contributed by atoms with Crippen molar-refractivity contribution in [2.75, 3.05) is 13.1 Å². The number of carbonyl (C=O) groups excluding carboxylic acids is 1. The molecule has 1 aliphatic carbocycles. The fourth-order valence-corrected chi connectivity index (χ4v) is 2.74. The molecule has 0 saturated carbocycles. The number of nitrogens with zero attached hydrogens (tertiary/aromatic N) is 3. The van der Waals surface area contributed by atoms with Crippen molar-refractivity contribution in [1.29, 1.82) is 0 Å². The fraction of sp³-hybridized carbons (Fsp3) is 0.533. The van der Waals surface area contributed by atoms with Gasteiger partial charge < -0.3 is 4.90 Å². The van der Waals surface area contributed by atoms with Crippen LogP contribution in [-0.4, -0.2) is 41.9 Å². The van der Waals surface area contributed by atoms with Crippen LogP contribution in [0.3, 0.4) is 0 Å².